The van der Waals surface area contributed by atoms with Gasteiger partial charge < -0.3 is 24.1 Å². The van der Waals surface area contributed by atoms with Gasteiger partial charge in [0.25, 0.3) is 0 Å². The second-order valence-electron chi connectivity index (χ2n) is 4.19. The van der Waals surface area contributed by atoms with Crippen molar-refractivity contribution in [3.05, 3.63) is 23.3 Å². The van der Waals surface area contributed by atoms with Gasteiger partial charge >= 0.3 is 11.9 Å². The van der Waals surface area contributed by atoms with E-state index in [0.29, 0.717) is 22.8 Å². The number of carboxylic acid groups (broad SMARTS) is 1. The molecule has 0 saturated carbocycles. The number of methoxy groups -OCH3 is 4. The Morgan fingerprint density at radius 3 is 1.95 bits per heavy atom. The van der Waals surface area contributed by atoms with Gasteiger partial charge in [0.05, 0.1) is 34.9 Å². The van der Waals surface area contributed by atoms with Gasteiger partial charge in [0.1, 0.15) is 0 Å². The summed E-state index contributed by atoms with van der Waals surface area (Å²) in [5.74, 6) is -0.652. The molecule has 1 N–H and O–H groups in total. The number of aliphatic carboxylic acids is 1. The Labute approximate surface area is 128 Å². The molecule has 0 aliphatic carbocycles. The summed E-state index contributed by atoms with van der Waals surface area (Å²) in [7, 11) is 5.58. The van der Waals surface area contributed by atoms with Crippen molar-refractivity contribution in [1.29, 1.82) is 0 Å². The standard InChI is InChI=1S/C15H18O7/c1-19-11-6-9(7-12(20-2)14(11)21-3)5-10(8-13(16)17)15(18)22-4/h5-7H,8H2,1-4H3,(H,16,17)/b10-5+. The van der Waals surface area contributed by atoms with Crippen LogP contribution in [0.25, 0.3) is 6.08 Å². The summed E-state index contributed by atoms with van der Waals surface area (Å²) in [6.07, 6.45) is 0.952. The number of hydrogen-bond donors (Lipinski definition) is 1. The minimum Gasteiger partial charge on any atom is -0.493 e. The number of rotatable bonds is 7. The molecule has 0 heterocycles. The highest BCUT2D eigenvalue weighted by Gasteiger charge is 2.16. The Kier molecular flexibility index (Phi) is 6.25. The second kappa shape index (κ2) is 7.92. The summed E-state index contributed by atoms with van der Waals surface area (Å²) in [5.41, 5.74) is 0.528. The number of carbonyl (C=O) groups excluding carboxylic acids is 1. The summed E-state index contributed by atoms with van der Waals surface area (Å²) in [6, 6.07) is 3.21. The molecular formula is C15H18O7. The highest BCUT2D eigenvalue weighted by Crippen LogP contribution is 2.38. The summed E-state index contributed by atoms with van der Waals surface area (Å²) < 4.78 is 20.2. The molecule has 7 nitrogen and oxygen atoms in total. The highest BCUT2D eigenvalue weighted by molar-refractivity contribution is 5.98. The van der Waals surface area contributed by atoms with Gasteiger partial charge in [0.2, 0.25) is 5.75 Å². The molecule has 0 spiro atoms. The van der Waals surface area contributed by atoms with E-state index in [-0.39, 0.29) is 5.57 Å². The van der Waals surface area contributed by atoms with Crippen LogP contribution in [0.3, 0.4) is 0 Å². The average molecular weight is 310 g/mol. The fourth-order valence-corrected chi connectivity index (χ4v) is 1.86. The van der Waals surface area contributed by atoms with Crippen molar-refractivity contribution in [2.75, 3.05) is 28.4 Å². The number of hydrogen-bond acceptors (Lipinski definition) is 6. The molecule has 1 aromatic carbocycles. The molecule has 120 valence electrons. The predicted octanol–water partition coefficient (Wildman–Crippen LogP) is 1.74. The van der Waals surface area contributed by atoms with Crippen molar-refractivity contribution in [2.45, 2.75) is 6.42 Å². The van der Waals surface area contributed by atoms with E-state index in [4.69, 9.17) is 19.3 Å². The highest BCUT2D eigenvalue weighted by atomic mass is 16.5. The molecule has 22 heavy (non-hydrogen) atoms. The maximum absolute atomic E-state index is 11.6. The largest absolute Gasteiger partial charge is 0.493 e. The van der Waals surface area contributed by atoms with Gasteiger partial charge in [-0.1, -0.05) is 0 Å². The van der Waals surface area contributed by atoms with Crippen LogP contribution in [0, 0.1) is 0 Å². The lowest BCUT2D eigenvalue weighted by Gasteiger charge is -2.13. The third-order valence-electron chi connectivity index (χ3n) is 2.82. The van der Waals surface area contributed by atoms with E-state index in [9.17, 15) is 9.59 Å². The van der Waals surface area contributed by atoms with Gasteiger partial charge in [-0.25, -0.2) is 4.79 Å². The third kappa shape index (κ3) is 4.15. The van der Waals surface area contributed by atoms with E-state index in [1.165, 1.54) is 34.5 Å². The van der Waals surface area contributed by atoms with Crippen LogP contribution in [-0.2, 0) is 14.3 Å². The van der Waals surface area contributed by atoms with Crippen LogP contribution in [0.5, 0.6) is 17.2 Å². The van der Waals surface area contributed by atoms with Crippen molar-refractivity contribution in [3.63, 3.8) is 0 Å². The molecule has 0 fully saturated rings. The average Bonchev–Trinajstić information content (AvgIpc) is 2.51. The van der Waals surface area contributed by atoms with Crippen LogP contribution >= 0.6 is 0 Å². The molecule has 0 bridgehead atoms. The molecule has 0 aliphatic rings. The summed E-state index contributed by atoms with van der Waals surface area (Å²) >= 11 is 0. The van der Waals surface area contributed by atoms with Crippen molar-refractivity contribution in [1.82, 2.24) is 0 Å². The van der Waals surface area contributed by atoms with E-state index < -0.39 is 18.4 Å². The Balaban J connectivity index is 3.36. The third-order valence-corrected chi connectivity index (χ3v) is 2.82. The number of carboxylic acids is 1. The van der Waals surface area contributed by atoms with Crippen molar-refractivity contribution >= 4 is 18.0 Å². The molecule has 0 amide bonds. The van der Waals surface area contributed by atoms with Crippen LogP contribution < -0.4 is 14.2 Å². The van der Waals surface area contributed by atoms with Crippen LogP contribution in [0.15, 0.2) is 17.7 Å². The first-order valence-corrected chi connectivity index (χ1v) is 6.27. The van der Waals surface area contributed by atoms with Crippen molar-refractivity contribution < 1.29 is 33.6 Å². The quantitative estimate of drug-likeness (QED) is 0.606. The number of ether oxygens (including phenoxy) is 4. The van der Waals surface area contributed by atoms with Gasteiger partial charge in [-0.15, -0.1) is 0 Å². The molecule has 1 rings (SSSR count). The minimum atomic E-state index is -1.14. The number of esters is 1. The predicted molar refractivity (Wildman–Crippen MR) is 78.3 cm³/mol. The SMILES string of the molecule is COC(=O)/C(=C/c1cc(OC)c(OC)c(OC)c1)CC(=O)O. The molecule has 0 radical (unpaired) electrons. The fourth-order valence-electron chi connectivity index (χ4n) is 1.86. The molecule has 7 heteroatoms. The lowest BCUT2D eigenvalue weighted by atomic mass is 10.1. The molecule has 0 unspecified atom stereocenters. The number of benzene rings is 1. The summed E-state index contributed by atoms with van der Waals surface area (Å²) in [6.45, 7) is 0. The van der Waals surface area contributed by atoms with Gasteiger partial charge in [-0.2, -0.15) is 0 Å². The zero-order valence-corrected chi connectivity index (χ0v) is 12.8. The first-order valence-electron chi connectivity index (χ1n) is 6.27. The van der Waals surface area contributed by atoms with Gasteiger partial charge in [-0.05, 0) is 23.8 Å². The van der Waals surface area contributed by atoms with E-state index in [0.717, 1.165) is 0 Å². The Bertz CT molecular complexity index is 565. The monoisotopic (exact) mass is 310 g/mol. The van der Waals surface area contributed by atoms with Gasteiger partial charge in [-0.3, -0.25) is 4.79 Å². The molecule has 0 aliphatic heterocycles. The van der Waals surface area contributed by atoms with Crippen LogP contribution in [-0.4, -0.2) is 45.5 Å². The van der Waals surface area contributed by atoms with Gasteiger partial charge in [0.15, 0.2) is 11.5 Å². The Hall–Kier alpha value is -2.70. The lowest BCUT2D eigenvalue weighted by Crippen LogP contribution is -2.09. The molecule has 0 aromatic heterocycles. The maximum Gasteiger partial charge on any atom is 0.334 e. The first-order chi connectivity index (χ1) is 10.5. The Morgan fingerprint density at radius 1 is 1.05 bits per heavy atom. The zero-order chi connectivity index (χ0) is 16.7. The lowest BCUT2D eigenvalue weighted by molar-refractivity contribution is -0.141. The van der Waals surface area contributed by atoms with Crippen LogP contribution in [0.1, 0.15) is 12.0 Å². The fraction of sp³-hybridized carbons (Fsp3) is 0.333. The van der Waals surface area contributed by atoms with E-state index in [2.05, 4.69) is 4.74 Å². The zero-order valence-electron chi connectivity index (χ0n) is 12.8. The smallest absolute Gasteiger partial charge is 0.334 e. The molecular weight excluding hydrogens is 292 g/mol. The second-order valence-corrected chi connectivity index (χ2v) is 4.19. The maximum atomic E-state index is 11.6. The van der Waals surface area contributed by atoms with Gasteiger partial charge in [0, 0.05) is 5.57 Å². The van der Waals surface area contributed by atoms with E-state index >= 15 is 0 Å². The minimum absolute atomic E-state index is 0.00396. The normalized spacial score (nSPS) is 10.8. The number of carbonyl (C=O) groups is 2. The molecule has 0 atom stereocenters. The first kappa shape index (κ1) is 17.4. The van der Waals surface area contributed by atoms with E-state index in [1.54, 1.807) is 12.1 Å². The summed E-state index contributed by atoms with van der Waals surface area (Å²) in [4.78, 5) is 22.5. The van der Waals surface area contributed by atoms with Crippen molar-refractivity contribution in [2.24, 2.45) is 0 Å². The molecule has 1 aromatic rings. The van der Waals surface area contributed by atoms with Crippen molar-refractivity contribution in [3.8, 4) is 17.2 Å². The summed E-state index contributed by atoms with van der Waals surface area (Å²) in [5, 5.41) is 8.87. The molecule has 0 saturated heterocycles. The Morgan fingerprint density at radius 2 is 1.59 bits per heavy atom. The van der Waals surface area contributed by atoms with Crippen LogP contribution in [0.2, 0.25) is 0 Å². The topological polar surface area (TPSA) is 91.3 Å². The van der Waals surface area contributed by atoms with E-state index in [1.807, 2.05) is 0 Å². The van der Waals surface area contributed by atoms with Crippen LogP contribution in [0.4, 0.5) is 0 Å².